The van der Waals surface area contributed by atoms with Crippen molar-refractivity contribution in [2.24, 2.45) is 0 Å². The van der Waals surface area contributed by atoms with E-state index in [0.29, 0.717) is 23.3 Å². The van der Waals surface area contributed by atoms with E-state index in [4.69, 9.17) is 5.84 Å². The molecule has 1 amide bonds. The lowest BCUT2D eigenvalue weighted by atomic mass is 10.3. The van der Waals surface area contributed by atoms with Gasteiger partial charge in [0.25, 0.3) is 0 Å². The largest absolute Gasteiger partial charge is 0.341 e. The molecule has 6 nitrogen and oxygen atoms in total. The molecule has 0 unspecified atom stereocenters. The molecule has 0 radical (unpaired) electrons. The van der Waals surface area contributed by atoms with Gasteiger partial charge in [-0.2, -0.15) is 11.3 Å². The maximum atomic E-state index is 12.0. The Labute approximate surface area is 119 Å². The summed E-state index contributed by atoms with van der Waals surface area (Å²) in [6.45, 7) is 2.39. The van der Waals surface area contributed by atoms with E-state index >= 15 is 0 Å². The average Bonchev–Trinajstić information content (AvgIpc) is 2.99. The molecule has 0 atom stereocenters. The lowest BCUT2D eigenvalue weighted by Crippen LogP contribution is -2.27. The van der Waals surface area contributed by atoms with Crippen LogP contribution in [-0.2, 0) is 11.3 Å². The van der Waals surface area contributed by atoms with E-state index in [2.05, 4.69) is 10.2 Å². The first-order valence-corrected chi connectivity index (χ1v) is 7.55. The van der Waals surface area contributed by atoms with Crippen LogP contribution in [0.25, 0.3) is 0 Å². The van der Waals surface area contributed by atoms with Gasteiger partial charge in [0.05, 0.1) is 5.75 Å². The lowest BCUT2D eigenvalue weighted by Gasteiger charge is -2.15. The summed E-state index contributed by atoms with van der Waals surface area (Å²) in [5.41, 5.74) is 1.14. The number of rotatable bonds is 5. The summed E-state index contributed by atoms with van der Waals surface area (Å²) < 4.78 is 1.39. The quantitative estimate of drug-likeness (QED) is 0.661. The molecule has 2 N–H and O–H groups in total. The minimum absolute atomic E-state index is 0.0388. The van der Waals surface area contributed by atoms with Crippen molar-refractivity contribution < 1.29 is 4.79 Å². The summed E-state index contributed by atoms with van der Waals surface area (Å²) >= 11 is 2.92. The van der Waals surface area contributed by atoms with Gasteiger partial charge in [0, 0.05) is 13.6 Å². The lowest BCUT2D eigenvalue weighted by molar-refractivity contribution is -0.127. The van der Waals surface area contributed by atoms with Crippen molar-refractivity contribution in [3.63, 3.8) is 0 Å². The van der Waals surface area contributed by atoms with E-state index in [-0.39, 0.29) is 5.91 Å². The monoisotopic (exact) mass is 297 g/mol. The molecule has 0 fully saturated rings. The van der Waals surface area contributed by atoms with Crippen molar-refractivity contribution in [3.8, 4) is 0 Å². The highest BCUT2D eigenvalue weighted by atomic mass is 32.2. The van der Waals surface area contributed by atoms with Crippen molar-refractivity contribution in [2.45, 2.75) is 18.6 Å². The SMILES string of the molecule is Cc1nnc(SCC(=O)N(C)Cc2ccsc2)n1N. The van der Waals surface area contributed by atoms with E-state index in [9.17, 15) is 4.79 Å². The van der Waals surface area contributed by atoms with Crippen LogP contribution in [0.5, 0.6) is 0 Å². The summed E-state index contributed by atoms with van der Waals surface area (Å²) in [6.07, 6.45) is 0. The Hall–Kier alpha value is -1.54. The van der Waals surface area contributed by atoms with Crippen molar-refractivity contribution >= 4 is 29.0 Å². The normalized spacial score (nSPS) is 10.6. The van der Waals surface area contributed by atoms with E-state index in [1.165, 1.54) is 16.4 Å². The fourth-order valence-electron chi connectivity index (χ4n) is 1.43. The smallest absolute Gasteiger partial charge is 0.233 e. The molecule has 0 aliphatic carbocycles. The molecule has 2 aromatic heterocycles. The standard InChI is InChI=1S/C11H15N5OS2/c1-8-13-14-11(16(8)12)19-7-10(17)15(2)5-9-3-4-18-6-9/h3-4,6H,5,7,12H2,1-2H3. The second-order valence-corrected chi connectivity index (χ2v) is 5.79. The Balaban J connectivity index is 1.85. The zero-order chi connectivity index (χ0) is 13.8. The molecule has 102 valence electrons. The van der Waals surface area contributed by atoms with Gasteiger partial charge in [0.15, 0.2) is 0 Å². The van der Waals surface area contributed by atoms with Crippen LogP contribution in [0.1, 0.15) is 11.4 Å². The highest BCUT2D eigenvalue weighted by molar-refractivity contribution is 7.99. The Bertz CT molecular complexity index is 551. The third-order valence-electron chi connectivity index (χ3n) is 2.59. The van der Waals surface area contributed by atoms with Gasteiger partial charge in [0.1, 0.15) is 5.82 Å². The molecule has 2 rings (SSSR count). The number of hydrogen-bond donors (Lipinski definition) is 1. The number of carbonyl (C=O) groups is 1. The predicted octanol–water partition coefficient (Wildman–Crippen LogP) is 1.11. The molecule has 0 saturated heterocycles. The summed E-state index contributed by atoms with van der Waals surface area (Å²) in [5.74, 6) is 6.69. The molecule has 0 aromatic carbocycles. The molecule has 0 bridgehead atoms. The number of thioether (sulfide) groups is 1. The highest BCUT2D eigenvalue weighted by Crippen LogP contribution is 2.15. The Morgan fingerprint density at radius 1 is 1.58 bits per heavy atom. The van der Waals surface area contributed by atoms with Crippen LogP contribution >= 0.6 is 23.1 Å². The van der Waals surface area contributed by atoms with Gasteiger partial charge in [0.2, 0.25) is 11.1 Å². The van der Waals surface area contributed by atoms with Crippen LogP contribution in [0.4, 0.5) is 0 Å². The summed E-state index contributed by atoms with van der Waals surface area (Å²) in [7, 11) is 1.79. The third kappa shape index (κ3) is 3.48. The van der Waals surface area contributed by atoms with Gasteiger partial charge in [-0.3, -0.25) is 4.79 Å². The number of nitrogens with two attached hydrogens (primary N) is 1. The minimum Gasteiger partial charge on any atom is -0.341 e. The average molecular weight is 297 g/mol. The van der Waals surface area contributed by atoms with Crippen molar-refractivity contribution in [3.05, 3.63) is 28.2 Å². The first-order chi connectivity index (χ1) is 9.08. The number of nitrogen functional groups attached to an aromatic ring is 1. The highest BCUT2D eigenvalue weighted by Gasteiger charge is 2.13. The zero-order valence-corrected chi connectivity index (χ0v) is 12.4. The first-order valence-electron chi connectivity index (χ1n) is 5.63. The van der Waals surface area contributed by atoms with Gasteiger partial charge < -0.3 is 10.7 Å². The van der Waals surface area contributed by atoms with E-state index in [0.717, 1.165) is 5.56 Å². The minimum atomic E-state index is 0.0388. The Morgan fingerprint density at radius 2 is 2.37 bits per heavy atom. The van der Waals surface area contributed by atoms with E-state index < -0.39 is 0 Å². The van der Waals surface area contributed by atoms with Crippen molar-refractivity contribution in [1.82, 2.24) is 19.8 Å². The van der Waals surface area contributed by atoms with Gasteiger partial charge in [-0.05, 0) is 29.3 Å². The predicted molar refractivity (Wildman–Crippen MR) is 76.4 cm³/mol. The third-order valence-corrected chi connectivity index (χ3v) is 4.25. The second-order valence-electron chi connectivity index (χ2n) is 4.07. The number of hydrogen-bond acceptors (Lipinski definition) is 6. The van der Waals surface area contributed by atoms with Gasteiger partial charge in [-0.25, -0.2) is 4.68 Å². The first kappa shape index (κ1) is 13.9. The topological polar surface area (TPSA) is 77.0 Å². The molecule has 0 aliphatic rings. The fourth-order valence-corrected chi connectivity index (χ4v) is 2.93. The molecule has 19 heavy (non-hydrogen) atoms. The maximum Gasteiger partial charge on any atom is 0.233 e. The zero-order valence-electron chi connectivity index (χ0n) is 10.7. The van der Waals surface area contributed by atoms with Crippen LogP contribution in [0, 0.1) is 6.92 Å². The molecule has 0 aliphatic heterocycles. The fraction of sp³-hybridized carbons (Fsp3) is 0.364. The van der Waals surface area contributed by atoms with Crippen LogP contribution in [0.3, 0.4) is 0 Å². The molecule has 8 heteroatoms. The number of thiophene rings is 1. The molecule has 2 aromatic rings. The Kier molecular flexibility index (Phi) is 4.43. The summed E-state index contributed by atoms with van der Waals surface area (Å²) in [4.78, 5) is 13.7. The van der Waals surface area contributed by atoms with Crippen LogP contribution < -0.4 is 5.84 Å². The summed E-state index contributed by atoms with van der Waals surface area (Å²) in [6, 6.07) is 2.02. The van der Waals surface area contributed by atoms with E-state index in [1.54, 1.807) is 30.2 Å². The van der Waals surface area contributed by atoms with Crippen molar-refractivity contribution in [1.29, 1.82) is 0 Å². The van der Waals surface area contributed by atoms with Crippen LogP contribution in [0.15, 0.2) is 22.0 Å². The molecular weight excluding hydrogens is 282 g/mol. The van der Waals surface area contributed by atoms with Crippen LogP contribution in [-0.4, -0.2) is 38.5 Å². The van der Waals surface area contributed by atoms with Gasteiger partial charge in [-0.1, -0.05) is 11.8 Å². The Morgan fingerprint density at radius 3 is 2.95 bits per heavy atom. The molecule has 0 spiro atoms. The van der Waals surface area contributed by atoms with Crippen LogP contribution in [0.2, 0.25) is 0 Å². The number of aromatic nitrogens is 3. The number of amides is 1. The number of aryl methyl sites for hydroxylation is 1. The number of carbonyl (C=O) groups excluding carboxylic acids is 1. The van der Waals surface area contributed by atoms with Gasteiger partial charge >= 0.3 is 0 Å². The maximum absolute atomic E-state index is 12.0. The van der Waals surface area contributed by atoms with Crippen molar-refractivity contribution in [2.75, 3.05) is 18.6 Å². The van der Waals surface area contributed by atoms with E-state index in [1.807, 2.05) is 16.8 Å². The molecular formula is C11H15N5OS2. The molecule has 2 heterocycles. The molecule has 0 saturated carbocycles. The summed E-state index contributed by atoms with van der Waals surface area (Å²) in [5, 5.41) is 12.3. The van der Waals surface area contributed by atoms with Gasteiger partial charge in [-0.15, -0.1) is 10.2 Å². The number of nitrogens with zero attached hydrogens (tertiary/aromatic N) is 4. The second kappa shape index (κ2) is 6.07.